The Morgan fingerprint density at radius 2 is 1.63 bits per heavy atom. The maximum atomic E-state index is 12.5. The Morgan fingerprint density at radius 1 is 0.963 bits per heavy atom. The average Bonchev–Trinajstić information content (AvgIpc) is 2.69. The molecule has 0 saturated carbocycles. The predicted octanol–water partition coefficient (Wildman–Crippen LogP) is 5.45. The Labute approximate surface area is 158 Å². The smallest absolute Gasteiger partial charge is 0.263 e. The molecular weight excluding hydrogens is 350 g/mol. The molecule has 27 heavy (non-hydrogen) atoms. The van der Waals surface area contributed by atoms with Crippen LogP contribution in [0.2, 0.25) is 0 Å². The summed E-state index contributed by atoms with van der Waals surface area (Å²) in [4.78, 5) is 12.1. The zero-order valence-electron chi connectivity index (χ0n) is 15.1. The first-order chi connectivity index (χ1) is 13.1. The Bertz CT molecular complexity index is 722. The van der Waals surface area contributed by atoms with Gasteiger partial charge in [0, 0.05) is 17.7 Å². The fourth-order valence-electron chi connectivity index (χ4n) is 2.49. The number of ketones is 1. The van der Waals surface area contributed by atoms with Gasteiger partial charge in [-0.05, 0) is 43.0 Å². The van der Waals surface area contributed by atoms with E-state index in [2.05, 4.69) is 0 Å². The number of hydrogen-bond donors (Lipinski definition) is 1. The highest BCUT2D eigenvalue weighted by Crippen LogP contribution is 2.19. The number of hydrogen-bond acceptors (Lipinski definition) is 3. The van der Waals surface area contributed by atoms with E-state index in [0.29, 0.717) is 12.2 Å². The number of unbranched alkanes of at least 4 members (excludes halogenated alkanes) is 3. The van der Waals surface area contributed by atoms with Crippen LogP contribution in [0, 0.1) is 0 Å². The number of alkyl halides is 2. The first-order valence-corrected chi connectivity index (χ1v) is 9.04. The van der Waals surface area contributed by atoms with Gasteiger partial charge in [-0.2, -0.15) is 0 Å². The first-order valence-electron chi connectivity index (χ1n) is 9.04. The van der Waals surface area contributed by atoms with Crippen LogP contribution in [0.5, 0.6) is 5.75 Å². The molecule has 5 heteroatoms. The highest BCUT2D eigenvalue weighted by Gasteiger charge is 2.08. The topological polar surface area (TPSA) is 46.5 Å². The standard InChI is InChI=1S/C22H24F2O3/c23-22(24)19-10-8-18(9-11-19)21(26)14-7-17-5-12-20(13-6-17)27-16-4-2-1-3-15-25/h5-14,22,25H,1-4,15-16H2/b14-7+. The second-order valence-corrected chi connectivity index (χ2v) is 6.18. The van der Waals surface area contributed by atoms with Crippen LogP contribution in [0.25, 0.3) is 6.08 Å². The van der Waals surface area contributed by atoms with Crippen LogP contribution in [-0.4, -0.2) is 24.1 Å². The maximum absolute atomic E-state index is 12.5. The molecule has 2 rings (SSSR count). The fourth-order valence-corrected chi connectivity index (χ4v) is 2.49. The average molecular weight is 374 g/mol. The van der Waals surface area contributed by atoms with Crippen LogP contribution >= 0.6 is 0 Å². The normalized spacial score (nSPS) is 11.3. The molecule has 2 aromatic rings. The van der Waals surface area contributed by atoms with Crippen molar-refractivity contribution < 1.29 is 23.4 Å². The van der Waals surface area contributed by atoms with Crippen molar-refractivity contribution in [2.75, 3.05) is 13.2 Å². The molecule has 0 atom stereocenters. The van der Waals surface area contributed by atoms with Gasteiger partial charge in [0.2, 0.25) is 0 Å². The van der Waals surface area contributed by atoms with Crippen molar-refractivity contribution in [3.8, 4) is 5.75 Å². The molecule has 0 aliphatic rings. The molecule has 0 saturated heterocycles. The second kappa shape index (κ2) is 11.2. The molecular formula is C22H24F2O3. The summed E-state index contributed by atoms with van der Waals surface area (Å²) in [7, 11) is 0. The van der Waals surface area contributed by atoms with Gasteiger partial charge in [-0.15, -0.1) is 0 Å². The van der Waals surface area contributed by atoms with Gasteiger partial charge in [-0.25, -0.2) is 8.78 Å². The Hall–Kier alpha value is -2.53. The largest absolute Gasteiger partial charge is 0.494 e. The van der Waals surface area contributed by atoms with E-state index in [1.165, 1.54) is 30.3 Å². The van der Waals surface area contributed by atoms with E-state index in [0.717, 1.165) is 37.0 Å². The van der Waals surface area contributed by atoms with E-state index in [1.807, 2.05) is 24.3 Å². The number of halogens is 2. The molecule has 3 nitrogen and oxygen atoms in total. The molecule has 0 fully saturated rings. The molecule has 0 amide bonds. The summed E-state index contributed by atoms with van der Waals surface area (Å²) in [5.41, 5.74) is 1.12. The van der Waals surface area contributed by atoms with Crippen LogP contribution in [0.1, 0.15) is 53.6 Å². The molecule has 0 aromatic heterocycles. The highest BCUT2D eigenvalue weighted by atomic mass is 19.3. The first kappa shape index (κ1) is 20.8. The number of rotatable bonds is 11. The van der Waals surface area contributed by atoms with E-state index in [-0.39, 0.29) is 18.0 Å². The third-order valence-corrected chi connectivity index (χ3v) is 4.08. The lowest BCUT2D eigenvalue weighted by Crippen LogP contribution is -1.97. The van der Waals surface area contributed by atoms with Crippen molar-refractivity contribution in [3.63, 3.8) is 0 Å². The number of allylic oxidation sites excluding steroid dienone is 1. The number of aliphatic hydroxyl groups excluding tert-OH is 1. The van der Waals surface area contributed by atoms with E-state index in [9.17, 15) is 13.6 Å². The number of benzene rings is 2. The summed E-state index contributed by atoms with van der Waals surface area (Å²) in [6.45, 7) is 0.868. The fraction of sp³-hybridized carbons (Fsp3) is 0.318. The number of aliphatic hydroxyl groups is 1. The van der Waals surface area contributed by atoms with Crippen LogP contribution in [0.3, 0.4) is 0 Å². The molecule has 0 unspecified atom stereocenters. The van der Waals surface area contributed by atoms with E-state index in [1.54, 1.807) is 6.08 Å². The van der Waals surface area contributed by atoms with E-state index >= 15 is 0 Å². The van der Waals surface area contributed by atoms with Gasteiger partial charge >= 0.3 is 0 Å². The van der Waals surface area contributed by atoms with Gasteiger partial charge in [-0.1, -0.05) is 48.9 Å². The third-order valence-electron chi connectivity index (χ3n) is 4.08. The van der Waals surface area contributed by atoms with Crippen LogP contribution < -0.4 is 4.74 Å². The minimum atomic E-state index is -2.54. The summed E-state index contributed by atoms with van der Waals surface area (Å²) in [5, 5.41) is 8.72. The third kappa shape index (κ3) is 7.31. The van der Waals surface area contributed by atoms with Gasteiger partial charge in [0.15, 0.2) is 5.78 Å². The van der Waals surface area contributed by atoms with Crippen LogP contribution in [0.15, 0.2) is 54.6 Å². The van der Waals surface area contributed by atoms with Crippen molar-refractivity contribution >= 4 is 11.9 Å². The van der Waals surface area contributed by atoms with Crippen LogP contribution in [0.4, 0.5) is 8.78 Å². The monoisotopic (exact) mass is 374 g/mol. The van der Waals surface area contributed by atoms with Crippen molar-refractivity contribution in [3.05, 3.63) is 71.3 Å². The number of carbonyl (C=O) groups is 1. The summed E-state index contributed by atoms with van der Waals surface area (Å²) < 4.78 is 30.7. The summed E-state index contributed by atoms with van der Waals surface area (Å²) >= 11 is 0. The highest BCUT2D eigenvalue weighted by molar-refractivity contribution is 6.06. The molecule has 0 aliphatic heterocycles. The van der Waals surface area contributed by atoms with Gasteiger partial charge < -0.3 is 9.84 Å². The van der Waals surface area contributed by atoms with Gasteiger partial charge in [-0.3, -0.25) is 4.79 Å². The molecule has 0 heterocycles. The van der Waals surface area contributed by atoms with Crippen molar-refractivity contribution in [1.29, 1.82) is 0 Å². The number of ether oxygens (including phenoxy) is 1. The van der Waals surface area contributed by atoms with Crippen molar-refractivity contribution in [1.82, 2.24) is 0 Å². The van der Waals surface area contributed by atoms with Crippen LogP contribution in [-0.2, 0) is 0 Å². The quantitative estimate of drug-likeness (QED) is 0.323. The van der Waals surface area contributed by atoms with Gasteiger partial charge in [0.25, 0.3) is 6.43 Å². The number of carbonyl (C=O) groups excluding carboxylic acids is 1. The minimum absolute atomic E-state index is 0.0977. The minimum Gasteiger partial charge on any atom is -0.494 e. The Morgan fingerprint density at radius 3 is 2.26 bits per heavy atom. The lowest BCUT2D eigenvalue weighted by atomic mass is 10.1. The summed E-state index contributed by atoms with van der Waals surface area (Å²) in [6, 6.07) is 12.7. The molecule has 2 aromatic carbocycles. The van der Waals surface area contributed by atoms with Crippen molar-refractivity contribution in [2.24, 2.45) is 0 Å². The van der Waals surface area contributed by atoms with Gasteiger partial charge in [0.05, 0.1) is 6.61 Å². The lowest BCUT2D eigenvalue weighted by molar-refractivity contribution is 0.104. The molecule has 144 valence electrons. The SMILES string of the molecule is O=C(/C=C/c1ccc(OCCCCCCO)cc1)c1ccc(C(F)F)cc1. The molecule has 0 radical (unpaired) electrons. The second-order valence-electron chi connectivity index (χ2n) is 6.18. The van der Waals surface area contributed by atoms with Crippen molar-refractivity contribution in [2.45, 2.75) is 32.1 Å². The van der Waals surface area contributed by atoms with Gasteiger partial charge in [0.1, 0.15) is 5.75 Å². The Kier molecular flexibility index (Phi) is 8.65. The Balaban J connectivity index is 1.81. The van der Waals surface area contributed by atoms with E-state index < -0.39 is 6.43 Å². The zero-order valence-corrected chi connectivity index (χ0v) is 15.1. The predicted molar refractivity (Wildman–Crippen MR) is 102 cm³/mol. The summed E-state index contributed by atoms with van der Waals surface area (Å²) in [6.07, 6.45) is 4.38. The molecule has 0 spiro atoms. The van der Waals surface area contributed by atoms with E-state index in [4.69, 9.17) is 9.84 Å². The molecule has 0 aliphatic carbocycles. The molecule has 1 N–H and O–H groups in total. The zero-order chi connectivity index (χ0) is 19.5. The lowest BCUT2D eigenvalue weighted by Gasteiger charge is -2.06. The maximum Gasteiger partial charge on any atom is 0.263 e. The summed E-state index contributed by atoms with van der Waals surface area (Å²) in [5.74, 6) is 0.530. The molecule has 0 bridgehead atoms.